The molecule has 0 saturated carbocycles. The standard InChI is InChI=1S/C40H26/c1-2-14-28(15-3-1)39-35-18-6-8-20-37(35)40(38-21-9-7-19-36(38)39)34-26-12-24-32-31(23-11-25-33(32)34)30-22-10-16-27-13-4-5-17-29(27)30/h1-26H/i1D,2D,3D,4D,5D,10D,11D,12D,13D,14D,15D,16D,17D,22D,23D,24D,25D,26D. The molecule has 0 heteroatoms. The molecule has 0 radical (unpaired) electrons. The van der Waals surface area contributed by atoms with Crippen LogP contribution in [0.25, 0.3) is 76.5 Å². The van der Waals surface area contributed by atoms with Crippen LogP contribution < -0.4 is 0 Å². The zero-order chi connectivity index (χ0) is 42.1. The minimum Gasteiger partial charge on any atom is -0.0622 e. The van der Waals surface area contributed by atoms with Gasteiger partial charge in [0.05, 0.1) is 24.7 Å². The summed E-state index contributed by atoms with van der Waals surface area (Å²) in [6.07, 6.45) is 0. The van der Waals surface area contributed by atoms with Crippen molar-refractivity contribution in [2.75, 3.05) is 0 Å². The van der Waals surface area contributed by atoms with E-state index in [9.17, 15) is 5.48 Å². The van der Waals surface area contributed by atoms with Gasteiger partial charge in [-0.2, -0.15) is 0 Å². The second kappa shape index (κ2) is 9.22. The first-order valence-electron chi connectivity index (χ1n) is 21.4. The van der Waals surface area contributed by atoms with Gasteiger partial charge in [-0.05, 0) is 76.5 Å². The SMILES string of the molecule is [2H]c1c([2H])c([2H])c(-c2c3ccccc3c(-c3c([2H])c([2H])c([2H])c4c(-c5c([2H])c([2H])c([2H])c6c([2H])c([2H])c([2H])c([2H])c56)c([2H])c([2H])c([2H])c34)c3ccccc23)c([2H])c1[2H]. The average molecular weight is 525 g/mol. The molecule has 0 bridgehead atoms. The zero-order valence-electron chi connectivity index (χ0n) is 38.6. The molecule has 0 aliphatic heterocycles. The van der Waals surface area contributed by atoms with Gasteiger partial charge in [-0.15, -0.1) is 0 Å². The van der Waals surface area contributed by atoms with Crippen molar-refractivity contribution in [3.8, 4) is 33.4 Å². The fourth-order valence-corrected chi connectivity index (χ4v) is 5.35. The van der Waals surface area contributed by atoms with Crippen molar-refractivity contribution in [1.82, 2.24) is 0 Å². The van der Waals surface area contributed by atoms with Crippen molar-refractivity contribution >= 4 is 43.1 Å². The number of rotatable bonds is 3. The maximum absolute atomic E-state index is 9.40. The van der Waals surface area contributed by atoms with Crippen molar-refractivity contribution in [3.05, 3.63) is 157 Å². The lowest BCUT2D eigenvalue weighted by Gasteiger charge is -2.19. The molecule has 0 amide bonds. The minimum atomic E-state index is -0.767. The Labute approximate surface area is 259 Å². The van der Waals surface area contributed by atoms with Crippen molar-refractivity contribution in [1.29, 1.82) is 0 Å². The third-order valence-corrected chi connectivity index (χ3v) is 6.99. The summed E-state index contributed by atoms with van der Waals surface area (Å²) in [4.78, 5) is 0. The molecule has 40 heavy (non-hydrogen) atoms. The molecule has 0 N–H and O–H groups in total. The molecule has 0 aliphatic carbocycles. The molecule has 8 aromatic rings. The van der Waals surface area contributed by atoms with Gasteiger partial charge in [-0.3, -0.25) is 0 Å². The van der Waals surface area contributed by atoms with E-state index in [1.807, 2.05) is 0 Å². The fraction of sp³-hybridized carbons (Fsp3) is 0. The largest absolute Gasteiger partial charge is 0.0629 e. The summed E-state index contributed by atoms with van der Waals surface area (Å²) in [5, 5.41) is -0.114. The third-order valence-electron chi connectivity index (χ3n) is 6.99. The topological polar surface area (TPSA) is 0 Å². The van der Waals surface area contributed by atoms with E-state index in [-0.39, 0.29) is 33.0 Å². The van der Waals surface area contributed by atoms with E-state index in [1.165, 1.54) is 0 Å². The highest BCUT2D eigenvalue weighted by molar-refractivity contribution is 6.24. The van der Waals surface area contributed by atoms with Gasteiger partial charge in [0.15, 0.2) is 0 Å². The van der Waals surface area contributed by atoms with Crippen LogP contribution in [0.3, 0.4) is 0 Å². The lowest BCUT2D eigenvalue weighted by Crippen LogP contribution is -1.92. The molecule has 0 spiro atoms. The molecule has 186 valence electrons. The molecule has 0 saturated heterocycles. The van der Waals surface area contributed by atoms with E-state index in [0.29, 0.717) is 21.5 Å². The van der Waals surface area contributed by atoms with Gasteiger partial charge in [0.1, 0.15) is 0 Å². The highest BCUT2D eigenvalue weighted by Gasteiger charge is 2.18. The molecule has 0 atom stereocenters. The van der Waals surface area contributed by atoms with Crippen molar-refractivity contribution < 1.29 is 24.7 Å². The molecule has 0 aromatic heterocycles. The van der Waals surface area contributed by atoms with Crippen molar-refractivity contribution in [3.63, 3.8) is 0 Å². The van der Waals surface area contributed by atoms with Crippen LogP contribution in [0.5, 0.6) is 0 Å². The highest BCUT2D eigenvalue weighted by atomic mass is 14.2. The van der Waals surface area contributed by atoms with Crippen LogP contribution in [0.1, 0.15) is 24.7 Å². The van der Waals surface area contributed by atoms with E-state index >= 15 is 0 Å². The Bertz CT molecular complexity index is 3110. The lowest BCUT2D eigenvalue weighted by molar-refractivity contribution is 1.66. The van der Waals surface area contributed by atoms with Crippen LogP contribution in [-0.4, -0.2) is 0 Å². The molecule has 0 nitrogen and oxygen atoms in total. The molecule has 0 heterocycles. The van der Waals surface area contributed by atoms with Crippen molar-refractivity contribution in [2.24, 2.45) is 0 Å². The van der Waals surface area contributed by atoms with Crippen LogP contribution in [0.2, 0.25) is 0 Å². The molecule has 8 rings (SSSR count). The molecule has 0 unspecified atom stereocenters. The summed E-state index contributed by atoms with van der Waals surface area (Å²) in [5.74, 6) is 0. The van der Waals surface area contributed by atoms with Crippen LogP contribution >= 0.6 is 0 Å². The summed E-state index contributed by atoms with van der Waals surface area (Å²) in [6, 6.07) is 1.51. The first-order chi connectivity index (χ1) is 27.4. The third kappa shape index (κ3) is 3.47. The maximum atomic E-state index is 9.40. The summed E-state index contributed by atoms with van der Waals surface area (Å²) in [5.41, 5.74) is -0.698. The van der Waals surface area contributed by atoms with Crippen LogP contribution in [0.15, 0.2) is 157 Å². The van der Waals surface area contributed by atoms with E-state index < -0.39 is 131 Å². The van der Waals surface area contributed by atoms with E-state index in [2.05, 4.69) is 0 Å². The monoisotopic (exact) mass is 524 g/mol. The number of fused-ring (bicyclic) bond motifs is 4. The maximum Gasteiger partial charge on any atom is 0.0629 e. The predicted octanol–water partition coefficient (Wildman–Crippen LogP) is 11.3. The van der Waals surface area contributed by atoms with E-state index in [4.69, 9.17) is 19.2 Å². The second-order valence-corrected chi connectivity index (χ2v) is 9.09. The van der Waals surface area contributed by atoms with Gasteiger partial charge in [0.2, 0.25) is 0 Å². The summed E-state index contributed by atoms with van der Waals surface area (Å²) in [7, 11) is 0. The highest BCUT2D eigenvalue weighted by Crippen LogP contribution is 2.46. The summed E-state index contributed by atoms with van der Waals surface area (Å²) >= 11 is 0. The number of hydrogen-bond donors (Lipinski definition) is 0. The van der Waals surface area contributed by atoms with Crippen LogP contribution in [0, 0.1) is 0 Å². The molecular weight excluding hydrogens is 480 g/mol. The molecule has 0 aliphatic rings. The molecule has 0 fully saturated rings. The van der Waals surface area contributed by atoms with Gasteiger partial charge in [-0.25, -0.2) is 0 Å². The van der Waals surface area contributed by atoms with Gasteiger partial charge in [0, 0.05) is 0 Å². The first-order valence-corrected chi connectivity index (χ1v) is 12.4. The van der Waals surface area contributed by atoms with Gasteiger partial charge >= 0.3 is 0 Å². The van der Waals surface area contributed by atoms with E-state index in [0.717, 1.165) is 0 Å². The Morgan fingerprint density at radius 3 is 1.45 bits per heavy atom. The van der Waals surface area contributed by atoms with Crippen LogP contribution in [0.4, 0.5) is 0 Å². The van der Waals surface area contributed by atoms with Gasteiger partial charge < -0.3 is 0 Å². The second-order valence-electron chi connectivity index (χ2n) is 9.09. The van der Waals surface area contributed by atoms with Gasteiger partial charge in [-0.1, -0.05) is 157 Å². The summed E-state index contributed by atoms with van der Waals surface area (Å²) in [6.45, 7) is 0. The minimum absolute atomic E-state index is 0.0946. The number of benzene rings is 8. The average Bonchev–Trinajstić information content (AvgIpc) is 3.22. The normalized spacial score (nSPS) is 17.8. The zero-order valence-corrected chi connectivity index (χ0v) is 20.6. The first kappa shape index (κ1) is 11.1. The molecule has 8 aromatic carbocycles. The Hall–Kier alpha value is -5.20. The van der Waals surface area contributed by atoms with Gasteiger partial charge in [0.25, 0.3) is 0 Å². The summed E-state index contributed by atoms with van der Waals surface area (Å²) < 4.78 is 159. The Morgan fingerprint density at radius 2 is 0.775 bits per heavy atom. The van der Waals surface area contributed by atoms with Crippen molar-refractivity contribution in [2.45, 2.75) is 0 Å². The Kier molecular flexibility index (Phi) is 2.56. The van der Waals surface area contributed by atoms with Crippen LogP contribution in [-0.2, 0) is 0 Å². The Morgan fingerprint density at radius 1 is 0.325 bits per heavy atom. The number of hydrogen-bond acceptors (Lipinski definition) is 0. The Balaban J connectivity index is 1.66. The molecular formula is C40H26. The predicted molar refractivity (Wildman–Crippen MR) is 173 cm³/mol. The lowest BCUT2D eigenvalue weighted by atomic mass is 9.84. The quantitative estimate of drug-likeness (QED) is 0.202. The smallest absolute Gasteiger partial charge is 0.0622 e. The van der Waals surface area contributed by atoms with E-state index in [1.54, 1.807) is 48.5 Å². The fourth-order valence-electron chi connectivity index (χ4n) is 5.35.